The van der Waals surface area contributed by atoms with Gasteiger partial charge in [0, 0.05) is 26.2 Å². The number of halogens is 2. The third-order valence-corrected chi connectivity index (χ3v) is 6.07. The van der Waals surface area contributed by atoms with Crippen molar-refractivity contribution in [3.8, 4) is 11.8 Å². The molecule has 0 N–H and O–H groups in total. The van der Waals surface area contributed by atoms with E-state index < -0.39 is 5.82 Å². The van der Waals surface area contributed by atoms with Crippen molar-refractivity contribution in [2.24, 2.45) is 0 Å². The Bertz CT molecular complexity index is 1010. The molecule has 2 aromatic carbocycles. The van der Waals surface area contributed by atoms with E-state index in [1.165, 1.54) is 13.2 Å². The fourth-order valence-corrected chi connectivity index (χ4v) is 4.29. The Morgan fingerprint density at radius 3 is 2.90 bits per heavy atom. The molecule has 2 aliphatic rings. The molecule has 2 saturated heterocycles. The number of nitriles is 1. The van der Waals surface area contributed by atoms with Crippen molar-refractivity contribution < 1.29 is 18.7 Å². The van der Waals surface area contributed by atoms with Crippen molar-refractivity contribution in [1.82, 2.24) is 9.80 Å². The molecule has 2 atom stereocenters. The molecule has 0 aromatic heterocycles. The van der Waals surface area contributed by atoms with Gasteiger partial charge in [0.25, 0.3) is 5.91 Å². The monoisotopic (exact) mass is 429 g/mol. The SMILES string of the molecule is COc1cccc(C(=O)N2CCN3C[C@@H](c4ccc(F)c(C#N)c4)OC[C@@H]3C2)c1Cl. The lowest BCUT2D eigenvalue weighted by atomic mass is 10.0. The Labute approximate surface area is 179 Å². The molecule has 8 heteroatoms. The second kappa shape index (κ2) is 8.60. The van der Waals surface area contributed by atoms with Gasteiger partial charge in [0.1, 0.15) is 17.6 Å². The number of carbonyl (C=O) groups is 1. The van der Waals surface area contributed by atoms with Crippen molar-refractivity contribution >= 4 is 17.5 Å². The Balaban J connectivity index is 1.44. The number of benzene rings is 2. The maximum absolute atomic E-state index is 13.6. The molecule has 0 spiro atoms. The Hall–Kier alpha value is -2.66. The quantitative estimate of drug-likeness (QED) is 0.749. The molecule has 6 nitrogen and oxygen atoms in total. The minimum atomic E-state index is -0.529. The summed E-state index contributed by atoms with van der Waals surface area (Å²) in [6.45, 7) is 2.88. The molecule has 0 unspecified atom stereocenters. The van der Waals surface area contributed by atoms with Gasteiger partial charge in [-0.3, -0.25) is 9.69 Å². The maximum atomic E-state index is 13.6. The number of hydrogen-bond acceptors (Lipinski definition) is 5. The van der Waals surface area contributed by atoms with Crippen molar-refractivity contribution in [2.45, 2.75) is 12.1 Å². The molecule has 1 amide bonds. The third-order valence-electron chi connectivity index (χ3n) is 5.68. The fourth-order valence-electron chi connectivity index (χ4n) is 4.00. The topological polar surface area (TPSA) is 65.8 Å². The summed E-state index contributed by atoms with van der Waals surface area (Å²) >= 11 is 6.33. The van der Waals surface area contributed by atoms with E-state index in [1.807, 2.05) is 6.07 Å². The molecule has 0 radical (unpaired) electrons. The predicted molar refractivity (Wildman–Crippen MR) is 109 cm³/mol. The van der Waals surface area contributed by atoms with Crippen LogP contribution in [0.3, 0.4) is 0 Å². The minimum absolute atomic E-state index is 0.0174. The summed E-state index contributed by atoms with van der Waals surface area (Å²) in [4.78, 5) is 17.1. The second-order valence-electron chi connectivity index (χ2n) is 7.39. The van der Waals surface area contributed by atoms with E-state index in [9.17, 15) is 9.18 Å². The van der Waals surface area contributed by atoms with Crippen molar-refractivity contribution in [3.63, 3.8) is 0 Å². The number of carbonyl (C=O) groups excluding carboxylic acids is 1. The Morgan fingerprint density at radius 2 is 2.13 bits per heavy atom. The Morgan fingerprint density at radius 1 is 1.30 bits per heavy atom. The van der Waals surface area contributed by atoms with E-state index in [4.69, 9.17) is 26.3 Å². The van der Waals surface area contributed by atoms with Crippen LogP contribution >= 0.6 is 11.6 Å². The zero-order chi connectivity index (χ0) is 21.3. The van der Waals surface area contributed by atoms with Crippen molar-refractivity contribution in [3.05, 3.63) is 63.9 Å². The average Bonchev–Trinajstić information content (AvgIpc) is 2.78. The number of morpholine rings is 1. The molecule has 0 aliphatic carbocycles. The Kier molecular flexibility index (Phi) is 5.91. The van der Waals surface area contributed by atoms with Crippen LogP contribution in [0.2, 0.25) is 5.02 Å². The predicted octanol–water partition coefficient (Wildman–Crippen LogP) is 3.26. The molecule has 2 aromatic rings. The zero-order valence-corrected chi connectivity index (χ0v) is 17.2. The molecular weight excluding hydrogens is 409 g/mol. The summed E-state index contributed by atoms with van der Waals surface area (Å²) in [7, 11) is 1.52. The zero-order valence-electron chi connectivity index (χ0n) is 16.5. The summed E-state index contributed by atoms with van der Waals surface area (Å²) in [5.74, 6) is -0.183. The van der Waals surface area contributed by atoms with Gasteiger partial charge in [-0.25, -0.2) is 4.39 Å². The lowest BCUT2D eigenvalue weighted by molar-refractivity contribution is -0.0858. The smallest absolute Gasteiger partial charge is 0.255 e. The van der Waals surface area contributed by atoms with Crippen LogP contribution in [0, 0.1) is 17.1 Å². The van der Waals surface area contributed by atoms with Crippen LogP contribution in [-0.2, 0) is 4.74 Å². The van der Waals surface area contributed by atoms with Crippen LogP contribution in [0.15, 0.2) is 36.4 Å². The highest BCUT2D eigenvalue weighted by Crippen LogP contribution is 2.31. The van der Waals surface area contributed by atoms with E-state index >= 15 is 0 Å². The number of piperazine rings is 1. The molecule has 30 heavy (non-hydrogen) atoms. The van der Waals surface area contributed by atoms with Crippen molar-refractivity contribution in [2.75, 3.05) is 39.9 Å². The van der Waals surface area contributed by atoms with E-state index in [0.717, 1.165) is 5.56 Å². The van der Waals surface area contributed by atoms with Gasteiger partial charge in [-0.05, 0) is 29.8 Å². The molecule has 2 heterocycles. The number of fused-ring (bicyclic) bond motifs is 1. The van der Waals surface area contributed by atoms with Crippen LogP contribution in [0.25, 0.3) is 0 Å². The van der Waals surface area contributed by atoms with Gasteiger partial charge in [0.05, 0.1) is 42.0 Å². The molecule has 0 bridgehead atoms. The van der Waals surface area contributed by atoms with Gasteiger partial charge in [-0.2, -0.15) is 5.26 Å². The van der Waals surface area contributed by atoms with Gasteiger partial charge in [-0.1, -0.05) is 23.7 Å². The van der Waals surface area contributed by atoms with Crippen LogP contribution < -0.4 is 4.74 Å². The number of nitrogens with zero attached hydrogens (tertiary/aromatic N) is 3. The van der Waals surface area contributed by atoms with Crippen LogP contribution in [0.5, 0.6) is 5.75 Å². The average molecular weight is 430 g/mol. The normalized spacial score (nSPS) is 21.6. The number of rotatable bonds is 3. The van der Waals surface area contributed by atoms with Gasteiger partial charge in [0.15, 0.2) is 0 Å². The fraction of sp³-hybridized carbons (Fsp3) is 0.364. The van der Waals surface area contributed by atoms with Crippen LogP contribution in [0.1, 0.15) is 27.6 Å². The van der Waals surface area contributed by atoms with Crippen molar-refractivity contribution in [1.29, 1.82) is 5.26 Å². The van der Waals surface area contributed by atoms with Gasteiger partial charge >= 0.3 is 0 Å². The lowest BCUT2D eigenvalue weighted by Gasteiger charge is -2.46. The van der Waals surface area contributed by atoms with Gasteiger partial charge in [-0.15, -0.1) is 0 Å². The largest absolute Gasteiger partial charge is 0.495 e. The molecular formula is C22H21ClFN3O3. The standard InChI is InChI=1S/C22H21ClFN3O3/c1-29-19-4-2-3-17(21(19)23)22(28)27-8-7-26-12-20(30-13-16(26)11-27)14-5-6-18(24)15(9-14)10-25/h2-6,9,16,20H,7-8,11-13H2,1H3/t16-,20-/m0/s1. The van der Waals surface area contributed by atoms with Gasteiger partial charge in [0.2, 0.25) is 0 Å². The highest BCUT2D eigenvalue weighted by atomic mass is 35.5. The number of methoxy groups -OCH3 is 1. The van der Waals surface area contributed by atoms with E-state index in [2.05, 4.69) is 4.90 Å². The first-order valence-electron chi connectivity index (χ1n) is 9.68. The molecule has 0 saturated carbocycles. The van der Waals surface area contributed by atoms with E-state index in [0.29, 0.717) is 49.1 Å². The van der Waals surface area contributed by atoms with E-state index in [1.54, 1.807) is 35.2 Å². The highest BCUT2D eigenvalue weighted by molar-refractivity contribution is 6.35. The first kappa shape index (κ1) is 20.6. The highest BCUT2D eigenvalue weighted by Gasteiger charge is 2.36. The third kappa shape index (κ3) is 3.86. The first-order valence-corrected chi connectivity index (χ1v) is 10.1. The molecule has 2 aliphatic heterocycles. The summed E-state index contributed by atoms with van der Waals surface area (Å²) in [5, 5.41) is 9.38. The number of amides is 1. The maximum Gasteiger partial charge on any atom is 0.255 e. The summed E-state index contributed by atoms with van der Waals surface area (Å²) < 4.78 is 24.8. The van der Waals surface area contributed by atoms with Gasteiger partial charge < -0.3 is 14.4 Å². The molecule has 4 rings (SSSR count). The lowest BCUT2D eigenvalue weighted by Crippen LogP contribution is -2.59. The summed E-state index contributed by atoms with van der Waals surface area (Å²) in [6, 6.07) is 11.6. The molecule has 156 valence electrons. The first-order chi connectivity index (χ1) is 14.5. The summed E-state index contributed by atoms with van der Waals surface area (Å²) in [5.41, 5.74) is 1.23. The van der Waals surface area contributed by atoms with E-state index in [-0.39, 0.29) is 23.6 Å². The molecule has 2 fully saturated rings. The number of hydrogen-bond donors (Lipinski definition) is 0. The summed E-state index contributed by atoms with van der Waals surface area (Å²) in [6.07, 6.45) is -0.232. The van der Waals surface area contributed by atoms with Crippen LogP contribution in [-0.4, -0.2) is 61.6 Å². The second-order valence-corrected chi connectivity index (χ2v) is 7.77. The number of ether oxygens (including phenoxy) is 2. The van der Waals surface area contributed by atoms with Crippen LogP contribution in [0.4, 0.5) is 4.39 Å². The minimum Gasteiger partial charge on any atom is -0.495 e.